The van der Waals surface area contributed by atoms with Crippen LogP contribution in [0, 0.1) is 5.92 Å². The number of benzene rings is 1. The molecule has 30 heavy (non-hydrogen) atoms. The average molecular weight is 426 g/mol. The van der Waals surface area contributed by atoms with Gasteiger partial charge in [-0.25, -0.2) is 0 Å². The number of piperidine rings is 2. The number of hydrogen-bond donors (Lipinski definition) is 0. The number of anilines is 1. The molecule has 0 unspecified atom stereocenters. The quantitative estimate of drug-likeness (QED) is 0.719. The molecule has 2 aromatic rings. The first kappa shape index (κ1) is 20.9. The summed E-state index contributed by atoms with van der Waals surface area (Å²) < 4.78 is 0. The molecule has 2 fully saturated rings. The fraction of sp³-hybridized carbons (Fsp3) is 0.500. The van der Waals surface area contributed by atoms with E-state index < -0.39 is 0 Å². The monoisotopic (exact) mass is 425 g/mol. The van der Waals surface area contributed by atoms with E-state index in [1.165, 1.54) is 41.9 Å². The molecule has 0 N–H and O–H groups in total. The minimum absolute atomic E-state index is 0.00420. The summed E-state index contributed by atoms with van der Waals surface area (Å²) in [5.41, 5.74) is 2.49. The molecule has 0 atom stereocenters. The number of nitrogens with zero attached hydrogens (tertiary/aromatic N) is 3. The highest BCUT2D eigenvalue weighted by molar-refractivity contribution is 7.12. The van der Waals surface area contributed by atoms with E-state index in [0.29, 0.717) is 19.6 Å². The van der Waals surface area contributed by atoms with Crippen LogP contribution in [-0.2, 0) is 11.3 Å². The van der Waals surface area contributed by atoms with Crippen LogP contribution in [0.25, 0.3) is 0 Å². The Hall–Kier alpha value is -2.34. The van der Waals surface area contributed by atoms with Crippen molar-refractivity contribution in [3.05, 3.63) is 52.2 Å². The fourth-order valence-corrected chi connectivity index (χ4v) is 5.31. The molecule has 0 aliphatic carbocycles. The average Bonchev–Trinajstić information content (AvgIpc) is 3.34. The lowest BCUT2D eigenvalue weighted by Crippen LogP contribution is -2.43. The van der Waals surface area contributed by atoms with Crippen molar-refractivity contribution in [3.63, 3.8) is 0 Å². The van der Waals surface area contributed by atoms with Crippen molar-refractivity contribution in [1.29, 1.82) is 0 Å². The van der Waals surface area contributed by atoms with Crippen LogP contribution in [0.5, 0.6) is 0 Å². The van der Waals surface area contributed by atoms with E-state index in [4.69, 9.17) is 0 Å². The topological polar surface area (TPSA) is 43.9 Å². The van der Waals surface area contributed by atoms with Crippen LogP contribution in [0.2, 0.25) is 0 Å². The van der Waals surface area contributed by atoms with E-state index in [1.807, 2.05) is 34.4 Å². The molecule has 6 heteroatoms. The van der Waals surface area contributed by atoms with Crippen LogP contribution in [0.3, 0.4) is 0 Å². The Morgan fingerprint density at radius 3 is 2.43 bits per heavy atom. The van der Waals surface area contributed by atoms with E-state index in [1.54, 1.807) is 0 Å². The third-order valence-electron chi connectivity index (χ3n) is 6.34. The summed E-state index contributed by atoms with van der Waals surface area (Å²) in [4.78, 5) is 32.7. The highest BCUT2D eigenvalue weighted by Gasteiger charge is 2.30. The van der Waals surface area contributed by atoms with Crippen LogP contribution in [0.15, 0.2) is 41.8 Å². The molecule has 3 heterocycles. The van der Waals surface area contributed by atoms with Gasteiger partial charge in [0.1, 0.15) is 0 Å². The maximum atomic E-state index is 13.1. The summed E-state index contributed by atoms with van der Waals surface area (Å²) >= 11 is 1.48. The number of amides is 2. The van der Waals surface area contributed by atoms with E-state index in [-0.39, 0.29) is 17.7 Å². The number of carbonyl (C=O) groups is 2. The van der Waals surface area contributed by atoms with Gasteiger partial charge in [0.25, 0.3) is 5.91 Å². The lowest BCUT2D eigenvalue weighted by molar-refractivity contribution is -0.136. The van der Waals surface area contributed by atoms with Crippen molar-refractivity contribution in [2.24, 2.45) is 5.92 Å². The number of rotatable bonds is 5. The highest BCUT2D eigenvalue weighted by atomic mass is 32.1. The van der Waals surface area contributed by atoms with Gasteiger partial charge in [-0.2, -0.15) is 0 Å². The number of hydrogen-bond acceptors (Lipinski definition) is 4. The summed E-state index contributed by atoms with van der Waals surface area (Å²) in [5.74, 6) is 0.302. The van der Waals surface area contributed by atoms with Crippen molar-refractivity contribution < 1.29 is 9.59 Å². The molecule has 0 spiro atoms. The van der Waals surface area contributed by atoms with Gasteiger partial charge < -0.3 is 14.7 Å². The van der Waals surface area contributed by atoms with Gasteiger partial charge in [0.15, 0.2) is 0 Å². The fourth-order valence-electron chi connectivity index (χ4n) is 4.62. The normalized spacial score (nSPS) is 17.8. The Labute approximate surface area is 183 Å². The molecule has 4 rings (SSSR count). The molecule has 1 aromatic carbocycles. The van der Waals surface area contributed by atoms with Crippen LogP contribution < -0.4 is 4.90 Å². The summed E-state index contributed by atoms with van der Waals surface area (Å²) in [6.07, 6.45) is 5.28. The third kappa shape index (κ3) is 4.69. The maximum absolute atomic E-state index is 13.1. The van der Waals surface area contributed by atoms with Crippen LogP contribution in [0.1, 0.15) is 47.3 Å². The largest absolute Gasteiger partial charge is 0.371 e. The number of thiophene rings is 1. The number of para-hydroxylation sites is 1. The zero-order chi connectivity index (χ0) is 20.9. The van der Waals surface area contributed by atoms with Crippen molar-refractivity contribution in [2.75, 3.05) is 38.1 Å². The summed E-state index contributed by atoms with van der Waals surface area (Å²) in [6.45, 7) is 4.16. The highest BCUT2D eigenvalue weighted by Crippen LogP contribution is 2.27. The number of carbonyl (C=O) groups excluding carboxylic acids is 2. The van der Waals surface area contributed by atoms with Crippen LogP contribution in [0.4, 0.5) is 5.69 Å². The van der Waals surface area contributed by atoms with Crippen LogP contribution in [-0.4, -0.2) is 54.8 Å². The lowest BCUT2D eigenvalue weighted by Gasteiger charge is -2.34. The van der Waals surface area contributed by atoms with Gasteiger partial charge >= 0.3 is 0 Å². The van der Waals surface area contributed by atoms with Gasteiger partial charge in [-0.1, -0.05) is 24.3 Å². The molecule has 5 nitrogen and oxygen atoms in total. The first-order valence-electron chi connectivity index (χ1n) is 11.0. The lowest BCUT2D eigenvalue weighted by atomic mass is 9.95. The molecule has 0 bridgehead atoms. The van der Waals surface area contributed by atoms with E-state index >= 15 is 0 Å². The minimum Gasteiger partial charge on any atom is -0.371 e. The molecule has 2 saturated heterocycles. The molecule has 160 valence electrons. The standard InChI is InChI=1S/C24H31N3O2S/c1-25(18-20-8-3-4-9-21(20)26-13-5-2-6-14-26)23(28)19-11-15-27(16-12-19)24(29)22-10-7-17-30-22/h3-4,7-10,17,19H,2,5-6,11-16,18H2,1H3. The van der Waals surface area contributed by atoms with Gasteiger partial charge in [0.05, 0.1) is 4.88 Å². The first-order valence-corrected chi connectivity index (χ1v) is 11.9. The van der Waals surface area contributed by atoms with Gasteiger partial charge in [-0.3, -0.25) is 9.59 Å². The Morgan fingerprint density at radius 1 is 1.00 bits per heavy atom. The van der Waals surface area contributed by atoms with E-state index in [9.17, 15) is 9.59 Å². The summed E-state index contributed by atoms with van der Waals surface area (Å²) in [5, 5.41) is 1.93. The zero-order valence-corrected chi connectivity index (χ0v) is 18.6. The smallest absolute Gasteiger partial charge is 0.263 e. The summed E-state index contributed by atoms with van der Waals surface area (Å²) in [7, 11) is 1.92. The van der Waals surface area contributed by atoms with E-state index in [0.717, 1.165) is 30.8 Å². The maximum Gasteiger partial charge on any atom is 0.263 e. The second-order valence-corrected chi connectivity index (χ2v) is 9.36. The second kappa shape index (κ2) is 9.65. The molecule has 1 aromatic heterocycles. The first-order chi connectivity index (χ1) is 14.6. The Balaban J connectivity index is 1.34. The van der Waals surface area contributed by atoms with Crippen molar-refractivity contribution in [2.45, 2.75) is 38.6 Å². The zero-order valence-electron chi connectivity index (χ0n) is 17.8. The Morgan fingerprint density at radius 2 is 1.73 bits per heavy atom. The molecule has 2 aliphatic rings. The summed E-state index contributed by atoms with van der Waals surface area (Å²) in [6, 6.07) is 12.3. The molecule has 0 saturated carbocycles. The van der Waals surface area contributed by atoms with Gasteiger partial charge in [-0.15, -0.1) is 11.3 Å². The Kier molecular flexibility index (Phi) is 6.72. The van der Waals surface area contributed by atoms with E-state index in [2.05, 4.69) is 29.2 Å². The SMILES string of the molecule is CN(Cc1ccccc1N1CCCCC1)C(=O)C1CCN(C(=O)c2cccs2)CC1. The molecule has 2 amide bonds. The van der Waals surface area contributed by atoms with Crippen molar-refractivity contribution >= 4 is 28.8 Å². The van der Waals surface area contributed by atoms with Gasteiger partial charge in [-0.05, 0) is 55.2 Å². The molecule has 2 aliphatic heterocycles. The van der Waals surface area contributed by atoms with Gasteiger partial charge in [0.2, 0.25) is 5.91 Å². The van der Waals surface area contributed by atoms with Gasteiger partial charge in [0, 0.05) is 51.4 Å². The predicted octanol–water partition coefficient (Wildman–Crippen LogP) is 4.25. The molecule has 0 radical (unpaired) electrons. The van der Waals surface area contributed by atoms with Crippen LogP contribution >= 0.6 is 11.3 Å². The number of likely N-dealkylation sites (tertiary alicyclic amines) is 1. The third-order valence-corrected chi connectivity index (χ3v) is 7.19. The van der Waals surface area contributed by atoms with Crippen molar-refractivity contribution in [3.8, 4) is 0 Å². The Bertz CT molecular complexity index is 853. The predicted molar refractivity (Wildman–Crippen MR) is 122 cm³/mol. The molecular weight excluding hydrogens is 394 g/mol. The minimum atomic E-state index is 0.00420. The van der Waals surface area contributed by atoms with Crippen molar-refractivity contribution in [1.82, 2.24) is 9.80 Å². The molecular formula is C24H31N3O2S. The second-order valence-electron chi connectivity index (χ2n) is 8.41.